The van der Waals surface area contributed by atoms with Crippen molar-refractivity contribution in [1.29, 1.82) is 0 Å². The molecular formula is C18H24N2. The number of rotatable bonds is 4. The molecule has 1 aliphatic rings. The largest absolute Gasteiger partial charge is 0.314 e. The Morgan fingerprint density at radius 1 is 1.25 bits per heavy atom. The average Bonchev–Trinajstić information content (AvgIpc) is 2.85. The van der Waals surface area contributed by atoms with Crippen LogP contribution in [0.4, 0.5) is 0 Å². The molecule has 1 heterocycles. The van der Waals surface area contributed by atoms with Gasteiger partial charge in [0.25, 0.3) is 0 Å². The molecule has 3 atom stereocenters. The van der Waals surface area contributed by atoms with Crippen LogP contribution in [0.1, 0.15) is 44.6 Å². The molecule has 1 N–H and O–H groups in total. The lowest BCUT2D eigenvalue weighted by Gasteiger charge is -2.23. The minimum Gasteiger partial charge on any atom is -0.314 e. The van der Waals surface area contributed by atoms with Crippen molar-refractivity contribution in [2.75, 3.05) is 6.54 Å². The normalized spacial score (nSPS) is 26.2. The predicted molar refractivity (Wildman–Crippen MR) is 85.0 cm³/mol. The van der Waals surface area contributed by atoms with Gasteiger partial charge in [-0.05, 0) is 54.7 Å². The molecule has 3 rings (SSSR count). The van der Waals surface area contributed by atoms with Gasteiger partial charge in [0.05, 0.1) is 0 Å². The van der Waals surface area contributed by atoms with Crippen LogP contribution in [0.5, 0.6) is 0 Å². The first kappa shape index (κ1) is 13.6. The second kappa shape index (κ2) is 5.92. The number of benzene rings is 1. The summed E-state index contributed by atoms with van der Waals surface area (Å²) < 4.78 is 0. The van der Waals surface area contributed by atoms with Crippen LogP contribution in [0.25, 0.3) is 10.8 Å². The highest BCUT2D eigenvalue weighted by molar-refractivity contribution is 5.85. The molecule has 2 aromatic rings. The van der Waals surface area contributed by atoms with Crippen LogP contribution >= 0.6 is 0 Å². The van der Waals surface area contributed by atoms with Gasteiger partial charge in [-0.25, -0.2) is 0 Å². The molecule has 0 amide bonds. The van der Waals surface area contributed by atoms with Crippen molar-refractivity contribution in [2.24, 2.45) is 5.92 Å². The van der Waals surface area contributed by atoms with Crippen LogP contribution in [-0.2, 0) is 0 Å². The topological polar surface area (TPSA) is 24.9 Å². The van der Waals surface area contributed by atoms with E-state index in [1.54, 1.807) is 0 Å². The highest BCUT2D eigenvalue weighted by Gasteiger charge is 2.33. The van der Waals surface area contributed by atoms with Gasteiger partial charge in [-0.2, -0.15) is 0 Å². The maximum Gasteiger partial charge on any atom is 0.0346 e. The van der Waals surface area contributed by atoms with Gasteiger partial charge in [0, 0.05) is 23.8 Å². The first-order valence-corrected chi connectivity index (χ1v) is 7.87. The van der Waals surface area contributed by atoms with Gasteiger partial charge in [0.1, 0.15) is 0 Å². The Labute approximate surface area is 121 Å². The summed E-state index contributed by atoms with van der Waals surface area (Å²) >= 11 is 0. The van der Waals surface area contributed by atoms with E-state index in [1.807, 2.05) is 12.4 Å². The summed E-state index contributed by atoms with van der Waals surface area (Å²) in [7, 11) is 0. The SMILES string of the molecule is CCCNC1CCC(c2cccc3cnccc23)C1C. The Morgan fingerprint density at radius 2 is 2.15 bits per heavy atom. The lowest BCUT2D eigenvalue weighted by atomic mass is 9.86. The molecule has 1 aromatic carbocycles. The number of fused-ring (bicyclic) bond motifs is 1. The Hall–Kier alpha value is -1.41. The molecule has 106 valence electrons. The van der Waals surface area contributed by atoms with Crippen LogP contribution in [0.15, 0.2) is 36.7 Å². The van der Waals surface area contributed by atoms with Crippen molar-refractivity contribution < 1.29 is 0 Å². The summed E-state index contributed by atoms with van der Waals surface area (Å²) in [4.78, 5) is 4.24. The number of hydrogen-bond donors (Lipinski definition) is 1. The number of hydrogen-bond acceptors (Lipinski definition) is 2. The molecule has 1 fully saturated rings. The smallest absolute Gasteiger partial charge is 0.0346 e. The highest BCUT2D eigenvalue weighted by Crippen LogP contribution is 2.41. The van der Waals surface area contributed by atoms with Crippen molar-refractivity contribution >= 4 is 10.8 Å². The maximum atomic E-state index is 4.24. The molecule has 1 saturated carbocycles. The van der Waals surface area contributed by atoms with Crippen LogP contribution in [-0.4, -0.2) is 17.6 Å². The molecule has 2 heteroatoms. The second-order valence-electron chi connectivity index (χ2n) is 6.05. The summed E-state index contributed by atoms with van der Waals surface area (Å²) in [5.41, 5.74) is 1.51. The minimum atomic E-state index is 0.676. The Kier molecular flexibility index (Phi) is 4.02. The third kappa shape index (κ3) is 2.45. The van der Waals surface area contributed by atoms with Crippen LogP contribution < -0.4 is 5.32 Å². The fraction of sp³-hybridized carbons (Fsp3) is 0.500. The number of pyridine rings is 1. The van der Waals surface area contributed by atoms with Crippen molar-refractivity contribution in [3.05, 3.63) is 42.2 Å². The molecule has 0 bridgehead atoms. The highest BCUT2D eigenvalue weighted by atomic mass is 14.9. The number of nitrogens with one attached hydrogen (secondary N) is 1. The lowest BCUT2D eigenvalue weighted by Crippen LogP contribution is -2.32. The Balaban J connectivity index is 1.88. The molecule has 1 aliphatic carbocycles. The van der Waals surface area contributed by atoms with Crippen molar-refractivity contribution in [1.82, 2.24) is 10.3 Å². The maximum absolute atomic E-state index is 4.24. The van der Waals surface area contributed by atoms with E-state index in [1.165, 1.54) is 35.6 Å². The molecule has 0 aliphatic heterocycles. The van der Waals surface area contributed by atoms with Gasteiger partial charge in [-0.15, -0.1) is 0 Å². The molecule has 1 aromatic heterocycles. The fourth-order valence-electron chi connectivity index (χ4n) is 3.69. The quantitative estimate of drug-likeness (QED) is 0.902. The Morgan fingerprint density at radius 3 is 3.00 bits per heavy atom. The molecule has 3 unspecified atom stereocenters. The third-order valence-corrected chi connectivity index (χ3v) is 4.83. The van der Waals surface area contributed by atoms with Gasteiger partial charge in [-0.3, -0.25) is 4.98 Å². The van der Waals surface area contributed by atoms with Gasteiger partial charge < -0.3 is 5.32 Å². The van der Waals surface area contributed by atoms with Gasteiger partial charge >= 0.3 is 0 Å². The van der Waals surface area contributed by atoms with E-state index in [0.29, 0.717) is 17.9 Å². The van der Waals surface area contributed by atoms with Crippen molar-refractivity contribution in [3.63, 3.8) is 0 Å². The molecule has 20 heavy (non-hydrogen) atoms. The zero-order valence-corrected chi connectivity index (χ0v) is 12.5. The van der Waals surface area contributed by atoms with Crippen molar-refractivity contribution in [2.45, 2.75) is 45.1 Å². The third-order valence-electron chi connectivity index (χ3n) is 4.83. The average molecular weight is 268 g/mol. The second-order valence-corrected chi connectivity index (χ2v) is 6.05. The van der Waals surface area contributed by atoms with Gasteiger partial charge in [-0.1, -0.05) is 32.0 Å². The summed E-state index contributed by atoms with van der Waals surface area (Å²) in [6.45, 7) is 5.79. The van der Waals surface area contributed by atoms with E-state index in [-0.39, 0.29) is 0 Å². The first-order chi connectivity index (χ1) is 9.81. The molecular weight excluding hydrogens is 244 g/mol. The first-order valence-electron chi connectivity index (χ1n) is 7.87. The number of nitrogens with zero attached hydrogens (tertiary/aromatic N) is 1. The van der Waals surface area contributed by atoms with E-state index in [4.69, 9.17) is 0 Å². The van der Waals surface area contributed by atoms with E-state index < -0.39 is 0 Å². The fourth-order valence-corrected chi connectivity index (χ4v) is 3.69. The van der Waals surface area contributed by atoms with E-state index >= 15 is 0 Å². The Bertz CT molecular complexity index is 573. The summed E-state index contributed by atoms with van der Waals surface area (Å²) in [6, 6.07) is 9.50. The standard InChI is InChI=1S/C18H24N2/c1-3-10-20-18-8-7-15(13(18)2)17-6-4-5-14-12-19-11-9-16(14)17/h4-6,9,11-13,15,18,20H,3,7-8,10H2,1-2H3. The van der Waals surface area contributed by atoms with Crippen LogP contribution in [0.3, 0.4) is 0 Å². The van der Waals surface area contributed by atoms with Crippen molar-refractivity contribution in [3.8, 4) is 0 Å². The van der Waals surface area contributed by atoms with Crippen LogP contribution in [0, 0.1) is 5.92 Å². The molecule has 0 spiro atoms. The number of aromatic nitrogens is 1. The van der Waals surface area contributed by atoms with Gasteiger partial charge in [0.15, 0.2) is 0 Å². The van der Waals surface area contributed by atoms with Gasteiger partial charge in [0.2, 0.25) is 0 Å². The zero-order chi connectivity index (χ0) is 13.9. The van der Waals surface area contributed by atoms with E-state index in [0.717, 1.165) is 6.54 Å². The molecule has 0 saturated heterocycles. The zero-order valence-electron chi connectivity index (χ0n) is 12.5. The monoisotopic (exact) mass is 268 g/mol. The molecule has 0 radical (unpaired) electrons. The minimum absolute atomic E-state index is 0.676. The summed E-state index contributed by atoms with van der Waals surface area (Å²) in [6.07, 6.45) is 7.70. The van der Waals surface area contributed by atoms with E-state index in [9.17, 15) is 0 Å². The predicted octanol–water partition coefficient (Wildman–Crippen LogP) is 4.12. The van der Waals surface area contributed by atoms with E-state index in [2.05, 4.69) is 48.4 Å². The summed E-state index contributed by atoms with van der Waals surface area (Å²) in [5, 5.41) is 6.37. The van der Waals surface area contributed by atoms with Crippen LogP contribution in [0.2, 0.25) is 0 Å². The molecule has 2 nitrogen and oxygen atoms in total. The summed E-state index contributed by atoms with van der Waals surface area (Å²) in [5.74, 6) is 1.38. The lowest BCUT2D eigenvalue weighted by molar-refractivity contribution is 0.405.